The van der Waals surface area contributed by atoms with E-state index in [9.17, 15) is 14.9 Å². The Balaban J connectivity index is 1.97. The SMILES string of the molecule is O=C(C[n+]1cccc2cc([N+](=O)[O-])ccc21)c1ccccc1. The molecule has 0 fully saturated rings. The van der Waals surface area contributed by atoms with Gasteiger partial charge in [-0.3, -0.25) is 14.9 Å². The van der Waals surface area contributed by atoms with Gasteiger partial charge in [-0.25, -0.2) is 0 Å². The third kappa shape index (κ3) is 2.69. The highest BCUT2D eigenvalue weighted by atomic mass is 16.6. The van der Waals surface area contributed by atoms with E-state index < -0.39 is 4.92 Å². The van der Waals surface area contributed by atoms with Crippen LogP contribution in [0.25, 0.3) is 10.9 Å². The van der Waals surface area contributed by atoms with E-state index in [1.165, 1.54) is 12.1 Å². The Morgan fingerprint density at radius 1 is 1.05 bits per heavy atom. The summed E-state index contributed by atoms with van der Waals surface area (Å²) in [4.78, 5) is 22.7. The Morgan fingerprint density at radius 2 is 1.82 bits per heavy atom. The number of nitro benzene ring substituents is 1. The number of carbonyl (C=O) groups excluding carboxylic acids is 1. The molecule has 2 aromatic carbocycles. The van der Waals surface area contributed by atoms with Crippen LogP contribution >= 0.6 is 0 Å². The van der Waals surface area contributed by atoms with E-state index in [0.29, 0.717) is 5.56 Å². The zero-order valence-electron chi connectivity index (χ0n) is 11.7. The van der Waals surface area contributed by atoms with Crippen molar-refractivity contribution in [2.75, 3.05) is 0 Å². The maximum atomic E-state index is 12.3. The van der Waals surface area contributed by atoms with E-state index in [0.717, 1.165) is 10.9 Å². The zero-order chi connectivity index (χ0) is 15.5. The molecule has 1 heterocycles. The molecule has 0 radical (unpaired) electrons. The molecule has 3 rings (SSSR count). The number of fused-ring (bicyclic) bond motifs is 1. The van der Waals surface area contributed by atoms with Crippen molar-refractivity contribution in [3.05, 3.63) is 82.5 Å². The summed E-state index contributed by atoms with van der Waals surface area (Å²) in [5, 5.41) is 11.6. The first kappa shape index (κ1) is 13.9. The molecule has 0 saturated carbocycles. The van der Waals surface area contributed by atoms with E-state index >= 15 is 0 Å². The highest BCUT2D eigenvalue weighted by molar-refractivity contribution is 5.95. The summed E-state index contributed by atoms with van der Waals surface area (Å²) in [6, 6.07) is 17.3. The molecular formula is C17H13N2O3+. The maximum Gasteiger partial charge on any atom is 0.270 e. The minimum atomic E-state index is -0.425. The van der Waals surface area contributed by atoms with E-state index in [4.69, 9.17) is 0 Å². The van der Waals surface area contributed by atoms with Crippen molar-refractivity contribution < 1.29 is 14.3 Å². The third-order valence-electron chi connectivity index (χ3n) is 3.48. The standard InChI is InChI=1S/C17H13N2O3/c20-17(13-5-2-1-3-6-13)12-18-10-4-7-14-11-15(19(21)22)8-9-16(14)18/h1-11H,12H2/q+1. The zero-order valence-corrected chi connectivity index (χ0v) is 11.7. The molecule has 5 nitrogen and oxygen atoms in total. The lowest BCUT2D eigenvalue weighted by Crippen LogP contribution is -2.38. The smallest absolute Gasteiger partial charge is 0.270 e. The molecule has 3 aromatic rings. The predicted molar refractivity (Wildman–Crippen MR) is 81.6 cm³/mol. The average molecular weight is 293 g/mol. The fourth-order valence-electron chi connectivity index (χ4n) is 2.39. The number of carbonyl (C=O) groups is 1. The van der Waals surface area contributed by atoms with Crippen LogP contribution in [0.15, 0.2) is 66.9 Å². The predicted octanol–water partition coefficient (Wildman–Crippen LogP) is 2.92. The molecule has 0 spiro atoms. The van der Waals surface area contributed by atoms with Gasteiger partial charge in [0.15, 0.2) is 6.20 Å². The summed E-state index contributed by atoms with van der Waals surface area (Å²) in [5.74, 6) is -0.00328. The number of hydrogen-bond acceptors (Lipinski definition) is 3. The molecular weight excluding hydrogens is 280 g/mol. The van der Waals surface area contributed by atoms with Crippen LogP contribution in [0.3, 0.4) is 0 Å². The van der Waals surface area contributed by atoms with Crippen molar-refractivity contribution in [2.45, 2.75) is 6.54 Å². The molecule has 0 aliphatic rings. The first-order valence-electron chi connectivity index (χ1n) is 6.80. The van der Waals surface area contributed by atoms with Crippen molar-refractivity contribution in [2.24, 2.45) is 0 Å². The Hall–Kier alpha value is -3.08. The van der Waals surface area contributed by atoms with Gasteiger partial charge in [-0.05, 0) is 6.07 Å². The van der Waals surface area contributed by atoms with Crippen LogP contribution in [0, 0.1) is 10.1 Å². The fraction of sp³-hybridized carbons (Fsp3) is 0.0588. The van der Waals surface area contributed by atoms with Crippen LogP contribution in [0.4, 0.5) is 5.69 Å². The summed E-state index contributed by atoms with van der Waals surface area (Å²) in [7, 11) is 0. The Morgan fingerprint density at radius 3 is 2.55 bits per heavy atom. The van der Waals surface area contributed by atoms with Crippen LogP contribution in [0.1, 0.15) is 10.4 Å². The number of aromatic nitrogens is 1. The number of Topliss-reactive ketones (excluding diaryl/α,β-unsaturated/α-hetero) is 1. The molecule has 5 heteroatoms. The van der Waals surface area contributed by atoms with E-state index in [2.05, 4.69) is 0 Å². The largest absolute Gasteiger partial charge is 0.287 e. The monoisotopic (exact) mass is 293 g/mol. The minimum absolute atomic E-state index is 0.00328. The summed E-state index contributed by atoms with van der Waals surface area (Å²) in [6.07, 6.45) is 1.80. The third-order valence-corrected chi connectivity index (χ3v) is 3.48. The van der Waals surface area contributed by atoms with Gasteiger partial charge in [0.1, 0.15) is 0 Å². The van der Waals surface area contributed by atoms with Crippen molar-refractivity contribution in [3.63, 3.8) is 0 Å². The van der Waals surface area contributed by atoms with Crippen molar-refractivity contribution in [1.82, 2.24) is 0 Å². The second-order valence-electron chi connectivity index (χ2n) is 4.93. The Kier molecular flexibility index (Phi) is 3.62. The van der Waals surface area contributed by atoms with Crippen molar-refractivity contribution >= 4 is 22.4 Å². The molecule has 108 valence electrons. The molecule has 1 aromatic heterocycles. The molecule has 0 atom stereocenters. The van der Waals surface area contributed by atoms with E-state index in [1.54, 1.807) is 41.1 Å². The van der Waals surface area contributed by atoms with Crippen LogP contribution in [0.5, 0.6) is 0 Å². The van der Waals surface area contributed by atoms with E-state index in [1.807, 2.05) is 18.2 Å². The van der Waals surface area contributed by atoms with Crippen molar-refractivity contribution in [1.29, 1.82) is 0 Å². The van der Waals surface area contributed by atoms with Gasteiger partial charge in [-0.2, -0.15) is 4.57 Å². The summed E-state index contributed by atoms with van der Waals surface area (Å²) < 4.78 is 1.80. The Bertz CT molecular complexity index is 860. The molecule has 0 saturated heterocycles. The van der Waals surface area contributed by atoms with Crippen molar-refractivity contribution in [3.8, 4) is 0 Å². The molecule has 0 amide bonds. The number of pyridine rings is 1. The van der Waals surface area contributed by atoms with Crippen LogP contribution < -0.4 is 4.57 Å². The fourth-order valence-corrected chi connectivity index (χ4v) is 2.39. The lowest BCUT2D eigenvalue weighted by molar-refractivity contribution is -0.657. The lowest BCUT2D eigenvalue weighted by Gasteiger charge is -2.01. The highest BCUT2D eigenvalue weighted by Gasteiger charge is 2.17. The number of benzene rings is 2. The van der Waals surface area contributed by atoms with Gasteiger partial charge in [-0.15, -0.1) is 0 Å². The van der Waals surface area contributed by atoms with Gasteiger partial charge < -0.3 is 0 Å². The molecule has 0 bridgehead atoms. The van der Waals surface area contributed by atoms with Gasteiger partial charge in [-0.1, -0.05) is 30.3 Å². The van der Waals surface area contributed by atoms with Gasteiger partial charge in [0.05, 0.1) is 10.3 Å². The molecule has 0 aliphatic heterocycles. The number of rotatable bonds is 4. The second-order valence-corrected chi connectivity index (χ2v) is 4.93. The van der Waals surface area contributed by atoms with Gasteiger partial charge >= 0.3 is 0 Å². The van der Waals surface area contributed by atoms with E-state index in [-0.39, 0.29) is 18.0 Å². The topological polar surface area (TPSA) is 64.1 Å². The van der Waals surface area contributed by atoms with Gasteiger partial charge in [0, 0.05) is 29.8 Å². The molecule has 0 unspecified atom stereocenters. The molecule has 22 heavy (non-hydrogen) atoms. The first-order valence-corrected chi connectivity index (χ1v) is 6.80. The number of non-ortho nitro benzene ring substituents is 1. The normalized spacial score (nSPS) is 10.5. The average Bonchev–Trinajstić information content (AvgIpc) is 2.55. The molecule has 0 N–H and O–H groups in total. The minimum Gasteiger partial charge on any atom is -0.287 e. The summed E-state index contributed by atoms with van der Waals surface area (Å²) in [5.41, 5.74) is 1.48. The van der Waals surface area contributed by atoms with Crippen LogP contribution in [-0.4, -0.2) is 10.7 Å². The quantitative estimate of drug-likeness (QED) is 0.321. The number of nitro groups is 1. The highest BCUT2D eigenvalue weighted by Crippen LogP contribution is 2.18. The van der Waals surface area contributed by atoms with Crippen LogP contribution in [-0.2, 0) is 6.54 Å². The maximum absolute atomic E-state index is 12.3. The summed E-state index contributed by atoms with van der Waals surface area (Å²) >= 11 is 0. The summed E-state index contributed by atoms with van der Waals surface area (Å²) in [6.45, 7) is 0.194. The second kappa shape index (κ2) is 5.73. The van der Waals surface area contributed by atoms with Gasteiger partial charge in [0.2, 0.25) is 17.8 Å². The number of nitrogens with zero attached hydrogens (tertiary/aromatic N) is 2. The first-order chi connectivity index (χ1) is 10.6. The van der Waals surface area contributed by atoms with Gasteiger partial charge in [0.25, 0.3) is 5.69 Å². The lowest BCUT2D eigenvalue weighted by atomic mass is 10.1. The Labute approximate surface area is 126 Å². The number of ketones is 1. The number of hydrogen-bond donors (Lipinski definition) is 0. The van der Waals surface area contributed by atoms with Crippen LogP contribution in [0.2, 0.25) is 0 Å². The molecule has 0 aliphatic carbocycles.